The summed E-state index contributed by atoms with van der Waals surface area (Å²) in [7, 11) is 1.20. The molecular weight excluding hydrogens is 514 g/mol. The number of pyridine rings is 2. The molecule has 3 amide bonds. The van der Waals surface area contributed by atoms with E-state index in [1.54, 1.807) is 48.5 Å². The number of alkyl carbamates (subject to hydrolysis) is 1. The fraction of sp³-hybridized carbons (Fsp3) is 0.310. The third-order valence-corrected chi connectivity index (χ3v) is 6.06. The van der Waals surface area contributed by atoms with Crippen LogP contribution in [0.5, 0.6) is 0 Å². The van der Waals surface area contributed by atoms with Gasteiger partial charge in [0.1, 0.15) is 17.7 Å². The van der Waals surface area contributed by atoms with Crippen molar-refractivity contribution in [2.75, 3.05) is 7.11 Å². The lowest BCUT2D eigenvalue weighted by Gasteiger charge is -2.37. The summed E-state index contributed by atoms with van der Waals surface area (Å²) in [5, 5.41) is 7.97. The summed E-state index contributed by atoms with van der Waals surface area (Å²) >= 11 is 0. The third kappa shape index (κ3) is 6.79. The zero-order valence-corrected chi connectivity index (χ0v) is 23.1. The van der Waals surface area contributed by atoms with E-state index in [9.17, 15) is 19.2 Å². The molecule has 0 unspecified atom stereocenters. The number of rotatable bonds is 10. The second kappa shape index (κ2) is 12.4. The van der Waals surface area contributed by atoms with Crippen molar-refractivity contribution in [1.29, 1.82) is 0 Å². The number of carbonyl (C=O) groups is 4. The molecule has 0 fully saturated rings. The Morgan fingerprint density at radius 2 is 1.25 bits per heavy atom. The van der Waals surface area contributed by atoms with Crippen LogP contribution in [0.2, 0.25) is 0 Å². The highest BCUT2D eigenvalue weighted by Crippen LogP contribution is 2.29. The smallest absolute Gasteiger partial charge is 0.408 e. The highest BCUT2D eigenvalue weighted by atomic mass is 16.5. The number of methoxy groups -OCH3 is 1. The molecule has 0 aliphatic rings. The van der Waals surface area contributed by atoms with Gasteiger partial charge in [-0.1, -0.05) is 42.5 Å². The zero-order valence-electron chi connectivity index (χ0n) is 23.1. The number of aromatic nitrogens is 2. The van der Waals surface area contributed by atoms with Gasteiger partial charge in [0.05, 0.1) is 18.5 Å². The Bertz CT molecular complexity index is 1290. The molecule has 0 aliphatic carbocycles. The predicted octanol–water partition coefficient (Wildman–Crippen LogP) is 2.61. The van der Waals surface area contributed by atoms with Crippen LogP contribution in [0.25, 0.3) is 0 Å². The molecule has 0 saturated heterocycles. The van der Waals surface area contributed by atoms with Crippen LogP contribution in [-0.4, -0.2) is 52.0 Å². The fourth-order valence-corrected chi connectivity index (χ4v) is 3.80. The van der Waals surface area contributed by atoms with Crippen molar-refractivity contribution in [2.24, 2.45) is 0 Å². The number of nitrogens with zero attached hydrogens (tertiary/aromatic N) is 2. The van der Waals surface area contributed by atoms with Crippen LogP contribution in [0.4, 0.5) is 4.79 Å². The van der Waals surface area contributed by atoms with E-state index in [-0.39, 0.29) is 18.0 Å². The van der Waals surface area contributed by atoms with E-state index in [1.807, 2.05) is 18.2 Å². The highest BCUT2D eigenvalue weighted by Gasteiger charge is 2.50. The number of benzene rings is 1. The molecule has 40 heavy (non-hydrogen) atoms. The second-order valence-corrected chi connectivity index (χ2v) is 10.0. The SMILES string of the molecule is COC(=O)C(C)(C)NC(=O)C(NC(=O)C(C)(C)NC(=O)OCc1ccccc1)(c1ccccn1)c1ccccn1. The van der Waals surface area contributed by atoms with Gasteiger partial charge in [0.25, 0.3) is 5.91 Å². The molecule has 0 aliphatic heterocycles. The minimum atomic E-state index is -2.00. The van der Waals surface area contributed by atoms with Gasteiger partial charge in [-0.25, -0.2) is 9.59 Å². The Morgan fingerprint density at radius 3 is 1.75 bits per heavy atom. The molecule has 11 nitrogen and oxygen atoms in total. The molecule has 0 radical (unpaired) electrons. The van der Waals surface area contributed by atoms with Crippen LogP contribution in [0, 0.1) is 0 Å². The Morgan fingerprint density at radius 1 is 0.700 bits per heavy atom. The Hall–Kier alpha value is -4.80. The fourth-order valence-electron chi connectivity index (χ4n) is 3.80. The van der Waals surface area contributed by atoms with Crippen LogP contribution in [0.1, 0.15) is 44.6 Å². The maximum absolute atomic E-state index is 14.1. The number of amides is 3. The maximum atomic E-state index is 14.1. The molecule has 210 valence electrons. The molecule has 0 atom stereocenters. The lowest BCUT2D eigenvalue weighted by molar-refractivity contribution is -0.150. The normalized spacial score (nSPS) is 11.6. The van der Waals surface area contributed by atoms with Gasteiger partial charge in [0.2, 0.25) is 11.4 Å². The van der Waals surface area contributed by atoms with Crippen LogP contribution in [0.15, 0.2) is 79.1 Å². The summed E-state index contributed by atoms with van der Waals surface area (Å²) in [6, 6.07) is 18.8. The van der Waals surface area contributed by atoms with E-state index in [2.05, 4.69) is 25.9 Å². The number of esters is 1. The van der Waals surface area contributed by atoms with E-state index in [4.69, 9.17) is 9.47 Å². The minimum absolute atomic E-state index is 0.00119. The lowest BCUT2D eigenvalue weighted by Crippen LogP contribution is -2.66. The molecule has 2 heterocycles. The van der Waals surface area contributed by atoms with Crippen molar-refractivity contribution in [2.45, 2.75) is 50.9 Å². The third-order valence-electron chi connectivity index (χ3n) is 6.06. The highest BCUT2D eigenvalue weighted by molar-refractivity contribution is 6.00. The van der Waals surface area contributed by atoms with E-state index < -0.39 is 40.5 Å². The average Bonchev–Trinajstić information content (AvgIpc) is 2.95. The number of hydrogen-bond donors (Lipinski definition) is 3. The first kappa shape index (κ1) is 29.8. The molecule has 11 heteroatoms. The Kier molecular flexibility index (Phi) is 9.20. The number of nitrogens with one attached hydrogen (secondary N) is 3. The first-order chi connectivity index (χ1) is 18.9. The zero-order chi connectivity index (χ0) is 29.4. The predicted molar refractivity (Wildman–Crippen MR) is 145 cm³/mol. The molecule has 3 N–H and O–H groups in total. The van der Waals surface area contributed by atoms with Gasteiger partial charge in [-0.2, -0.15) is 0 Å². The van der Waals surface area contributed by atoms with Gasteiger partial charge in [-0.05, 0) is 57.5 Å². The van der Waals surface area contributed by atoms with Gasteiger partial charge in [0, 0.05) is 12.4 Å². The van der Waals surface area contributed by atoms with Crippen LogP contribution in [-0.2, 0) is 36.0 Å². The van der Waals surface area contributed by atoms with Crippen molar-refractivity contribution in [3.8, 4) is 0 Å². The van der Waals surface area contributed by atoms with Crippen molar-refractivity contribution < 1.29 is 28.7 Å². The number of ether oxygens (including phenoxy) is 2. The van der Waals surface area contributed by atoms with E-state index in [0.29, 0.717) is 0 Å². The molecule has 0 spiro atoms. The van der Waals surface area contributed by atoms with E-state index >= 15 is 0 Å². The number of hydrogen-bond acceptors (Lipinski definition) is 8. The van der Waals surface area contributed by atoms with Gasteiger partial charge in [-0.3, -0.25) is 19.6 Å². The van der Waals surface area contributed by atoms with Crippen molar-refractivity contribution in [3.63, 3.8) is 0 Å². The van der Waals surface area contributed by atoms with Gasteiger partial charge in [0.15, 0.2) is 0 Å². The van der Waals surface area contributed by atoms with Crippen LogP contribution in [0.3, 0.4) is 0 Å². The number of carbonyl (C=O) groups excluding carboxylic acids is 4. The Balaban J connectivity index is 1.98. The van der Waals surface area contributed by atoms with Crippen molar-refractivity contribution >= 4 is 23.9 Å². The van der Waals surface area contributed by atoms with E-state index in [0.717, 1.165) is 5.56 Å². The average molecular weight is 548 g/mol. The monoisotopic (exact) mass is 547 g/mol. The summed E-state index contributed by atoms with van der Waals surface area (Å²) in [4.78, 5) is 61.6. The minimum Gasteiger partial charge on any atom is -0.467 e. The standard InChI is InChI=1S/C29H33N5O6/c1-27(2,34-26(38)40-19-20-13-7-6-8-14-20)23(35)33-29(21-15-9-11-17-30-21,22-16-10-12-18-31-22)24(36)32-28(3,4)25(37)39-5/h6-18H,19H2,1-5H3,(H,32,36)(H,33,35)(H,34,38). The van der Waals surface area contributed by atoms with Crippen LogP contribution >= 0.6 is 0 Å². The molecule has 0 saturated carbocycles. The topological polar surface area (TPSA) is 149 Å². The summed E-state index contributed by atoms with van der Waals surface area (Å²) in [6.45, 7) is 5.86. The molecule has 2 aromatic heterocycles. The van der Waals surface area contributed by atoms with E-state index in [1.165, 1.54) is 47.2 Å². The largest absolute Gasteiger partial charge is 0.467 e. The molecule has 0 bridgehead atoms. The first-order valence-electron chi connectivity index (χ1n) is 12.5. The summed E-state index contributed by atoms with van der Waals surface area (Å²) in [5.41, 5.74) is -4.00. The van der Waals surface area contributed by atoms with Crippen molar-refractivity contribution in [1.82, 2.24) is 25.9 Å². The lowest BCUT2D eigenvalue weighted by atomic mass is 9.86. The quantitative estimate of drug-likeness (QED) is 0.328. The van der Waals surface area contributed by atoms with Gasteiger partial charge in [-0.15, -0.1) is 0 Å². The summed E-state index contributed by atoms with van der Waals surface area (Å²) < 4.78 is 10.1. The van der Waals surface area contributed by atoms with Gasteiger partial charge >= 0.3 is 12.1 Å². The summed E-state index contributed by atoms with van der Waals surface area (Å²) in [6.07, 6.45) is 2.09. The molecular formula is C29H33N5O6. The maximum Gasteiger partial charge on any atom is 0.408 e. The van der Waals surface area contributed by atoms with Gasteiger partial charge < -0.3 is 25.4 Å². The molecule has 3 aromatic rings. The first-order valence-corrected chi connectivity index (χ1v) is 12.5. The second-order valence-electron chi connectivity index (χ2n) is 10.0. The molecule has 1 aromatic carbocycles. The summed E-state index contributed by atoms with van der Waals surface area (Å²) in [5.74, 6) is -2.24. The van der Waals surface area contributed by atoms with Crippen LogP contribution < -0.4 is 16.0 Å². The molecule has 3 rings (SSSR count). The Labute approximate surface area is 232 Å². The van der Waals surface area contributed by atoms with Crippen molar-refractivity contribution in [3.05, 3.63) is 96.1 Å².